The van der Waals surface area contributed by atoms with E-state index in [1.54, 1.807) is 0 Å². The van der Waals surface area contributed by atoms with Crippen LogP contribution >= 0.6 is 0 Å². The minimum atomic E-state index is -0.000182. The Hall–Kier alpha value is -1.57. The highest BCUT2D eigenvalue weighted by atomic mass is 16.2. The molecule has 1 aliphatic heterocycles. The van der Waals surface area contributed by atoms with Gasteiger partial charge in [0.05, 0.1) is 0 Å². The Morgan fingerprint density at radius 3 is 3.07 bits per heavy atom. The van der Waals surface area contributed by atoms with Crippen molar-refractivity contribution >= 4 is 11.6 Å². The summed E-state index contributed by atoms with van der Waals surface area (Å²) in [7, 11) is 0. The van der Waals surface area contributed by atoms with Gasteiger partial charge in [-0.05, 0) is 37.5 Å². The number of amides is 1. The summed E-state index contributed by atoms with van der Waals surface area (Å²) in [5.74, 6) is -0.000182. The van der Waals surface area contributed by atoms with Crippen LogP contribution in [0.1, 0.15) is 17.5 Å². The fourth-order valence-corrected chi connectivity index (χ4v) is 2.07. The molecule has 1 heterocycles. The number of aryl methyl sites for hydroxylation is 2. The van der Waals surface area contributed by atoms with Crippen LogP contribution in [0.15, 0.2) is 30.9 Å². The van der Waals surface area contributed by atoms with Crippen molar-refractivity contribution in [3.8, 4) is 0 Å². The molecule has 2 nitrogen and oxygen atoms in total. The Balaban J connectivity index is 2.42. The molecule has 0 unspecified atom stereocenters. The molecule has 0 fully saturated rings. The molecule has 15 heavy (non-hydrogen) atoms. The fourth-order valence-electron chi connectivity index (χ4n) is 2.07. The molecule has 0 aromatic heterocycles. The summed E-state index contributed by atoms with van der Waals surface area (Å²) in [4.78, 5) is 13.4. The van der Waals surface area contributed by atoms with Crippen molar-refractivity contribution in [1.82, 2.24) is 0 Å². The number of rotatable bonds is 1. The van der Waals surface area contributed by atoms with Gasteiger partial charge in [0.25, 0.3) is 0 Å². The molecule has 1 aromatic rings. The molecule has 0 saturated heterocycles. The first-order valence-corrected chi connectivity index (χ1v) is 5.26. The number of hydrogen-bond acceptors (Lipinski definition) is 1. The van der Waals surface area contributed by atoms with E-state index in [9.17, 15) is 4.79 Å². The average molecular weight is 201 g/mol. The van der Waals surface area contributed by atoms with E-state index in [0.717, 1.165) is 25.1 Å². The van der Waals surface area contributed by atoms with Crippen LogP contribution in [0.5, 0.6) is 0 Å². The number of anilines is 1. The van der Waals surface area contributed by atoms with Crippen molar-refractivity contribution in [3.63, 3.8) is 0 Å². The lowest BCUT2D eigenvalue weighted by molar-refractivity contribution is -0.114. The van der Waals surface area contributed by atoms with Crippen LogP contribution in [0, 0.1) is 6.92 Å². The number of carbonyl (C=O) groups excluding carboxylic acids is 1. The standard InChI is InChI=1S/C13H15NO/c1-3-13(15)14-8-4-5-11-9-10(2)6-7-12(11)14/h3,6-7,9H,1,4-5,8H2,2H3. The number of fused-ring (bicyclic) bond motifs is 1. The van der Waals surface area contributed by atoms with Gasteiger partial charge >= 0.3 is 0 Å². The van der Waals surface area contributed by atoms with E-state index in [1.165, 1.54) is 17.2 Å². The predicted molar refractivity (Wildman–Crippen MR) is 62.1 cm³/mol. The lowest BCUT2D eigenvalue weighted by atomic mass is 9.99. The molecule has 78 valence electrons. The van der Waals surface area contributed by atoms with E-state index in [2.05, 4.69) is 19.6 Å². The zero-order valence-electron chi connectivity index (χ0n) is 8.99. The smallest absolute Gasteiger partial charge is 0.250 e. The molecular weight excluding hydrogens is 186 g/mol. The van der Waals surface area contributed by atoms with Gasteiger partial charge in [-0.2, -0.15) is 0 Å². The van der Waals surface area contributed by atoms with Gasteiger partial charge in [0.2, 0.25) is 5.91 Å². The Labute approximate surface area is 90.2 Å². The van der Waals surface area contributed by atoms with Crippen LogP contribution in [0.2, 0.25) is 0 Å². The molecule has 0 spiro atoms. The van der Waals surface area contributed by atoms with E-state index in [-0.39, 0.29) is 5.91 Å². The molecule has 0 radical (unpaired) electrons. The highest BCUT2D eigenvalue weighted by Gasteiger charge is 2.20. The molecule has 0 aliphatic carbocycles. The first-order valence-electron chi connectivity index (χ1n) is 5.26. The van der Waals surface area contributed by atoms with Gasteiger partial charge in [-0.25, -0.2) is 0 Å². The lowest BCUT2D eigenvalue weighted by Crippen LogP contribution is -2.34. The molecule has 0 N–H and O–H groups in total. The molecule has 2 rings (SSSR count). The second kappa shape index (κ2) is 3.89. The summed E-state index contributed by atoms with van der Waals surface area (Å²) in [5.41, 5.74) is 3.58. The van der Waals surface area contributed by atoms with Crippen molar-refractivity contribution in [1.29, 1.82) is 0 Å². The Morgan fingerprint density at radius 2 is 2.33 bits per heavy atom. The maximum atomic E-state index is 11.6. The number of benzene rings is 1. The lowest BCUT2D eigenvalue weighted by Gasteiger charge is -2.28. The van der Waals surface area contributed by atoms with E-state index >= 15 is 0 Å². The highest BCUT2D eigenvalue weighted by molar-refractivity contribution is 6.01. The van der Waals surface area contributed by atoms with Gasteiger partial charge in [-0.1, -0.05) is 24.3 Å². The van der Waals surface area contributed by atoms with Crippen molar-refractivity contribution in [3.05, 3.63) is 42.0 Å². The maximum Gasteiger partial charge on any atom is 0.250 e. The van der Waals surface area contributed by atoms with Gasteiger partial charge in [0.15, 0.2) is 0 Å². The molecule has 2 heteroatoms. The summed E-state index contributed by atoms with van der Waals surface area (Å²) in [6.45, 7) is 6.42. The highest BCUT2D eigenvalue weighted by Crippen LogP contribution is 2.27. The monoisotopic (exact) mass is 201 g/mol. The van der Waals surface area contributed by atoms with Crippen molar-refractivity contribution in [2.24, 2.45) is 0 Å². The zero-order chi connectivity index (χ0) is 10.8. The third-order valence-corrected chi connectivity index (χ3v) is 2.79. The van der Waals surface area contributed by atoms with Gasteiger partial charge < -0.3 is 4.90 Å². The van der Waals surface area contributed by atoms with Crippen LogP contribution in [-0.2, 0) is 11.2 Å². The van der Waals surface area contributed by atoms with E-state index in [0.29, 0.717) is 0 Å². The maximum absolute atomic E-state index is 11.6. The van der Waals surface area contributed by atoms with Gasteiger partial charge in [-0.15, -0.1) is 0 Å². The fraction of sp³-hybridized carbons (Fsp3) is 0.308. The van der Waals surface area contributed by atoms with Gasteiger partial charge in [-0.3, -0.25) is 4.79 Å². The molecule has 0 saturated carbocycles. The molecule has 1 aromatic carbocycles. The number of carbonyl (C=O) groups is 1. The van der Waals surface area contributed by atoms with Crippen LogP contribution in [0.25, 0.3) is 0 Å². The second-order valence-corrected chi connectivity index (χ2v) is 3.93. The molecule has 1 aliphatic rings. The largest absolute Gasteiger partial charge is 0.309 e. The quantitative estimate of drug-likeness (QED) is 0.639. The second-order valence-electron chi connectivity index (χ2n) is 3.93. The topological polar surface area (TPSA) is 20.3 Å². The Morgan fingerprint density at radius 1 is 1.53 bits per heavy atom. The molecular formula is C13H15NO. The van der Waals surface area contributed by atoms with Crippen LogP contribution in [-0.4, -0.2) is 12.5 Å². The molecule has 0 atom stereocenters. The normalized spacial score (nSPS) is 14.6. The summed E-state index contributed by atoms with van der Waals surface area (Å²) >= 11 is 0. The van der Waals surface area contributed by atoms with E-state index in [4.69, 9.17) is 0 Å². The molecule has 1 amide bonds. The van der Waals surface area contributed by atoms with Crippen molar-refractivity contribution in [2.45, 2.75) is 19.8 Å². The summed E-state index contributed by atoms with van der Waals surface area (Å²) in [6, 6.07) is 6.25. The van der Waals surface area contributed by atoms with Crippen LogP contribution in [0.3, 0.4) is 0 Å². The van der Waals surface area contributed by atoms with Gasteiger partial charge in [0, 0.05) is 12.2 Å². The van der Waals surface area contributed by atoms with E-state index < -0.39 is 0 Å². The van der Waals surface area contributed by atoms with Crippen molar-refractivity contribution in [2.75, 3.05) is 11.4 Å². The molecule has 0 bridgehead atoms. The minimum Gasteiger partial charge on any atom is -0.309 e. The minimum absolute atomic E-state index is 0.000182. The predicted octanol–water partition coefficient (Wildman–Crippen LogP) is 2.46. The first kappa shape index (κ1) is 9.97. The average Bonchev–Trinajstić information content (AvgIpc) is 2.26. The van der Waals surface area contributed by atoms with Crippen LogP contribution in [0.4, 0.5) is 5.69 Å². The summed E-state index contributed by atoms with van der Waals surface area (Å²) < 4.78 is 0. The Kier molecular flexibility index (Phi) is 2.58. The third-order valence-electron chi connectivity index (χ3n) is 2.79. The van der Waals surface area contributed by atoms with Crippen LogP contribution < -0.4 is 4.90 Å². The van der Waals surface area contributed by atoms with Gasteiger partial charge in [0.1, 0.15) is 0 Å². The van der Waals surface area contributed by atoms with E-state index in [1.807, 2.05) is 17.0 Å². The first-order chi connectivity index (χ1) is 7.22. The van der Waals surface area contributed by atoms with Crippen molar-refractivity contribution < 1.29 is 4.79 Å². The Bertz CT molecular complexity index is 409. The number of nitrogens with zero attached hydrogens (tertiary/aromatic N) is 1. The third kappa shape index (κ3) is 1.80. The number of hydrogen-bond donors (Lipinski definition) is 0. The SMILES string of the molecule is C=CC(=O)N1CCCc2cc(C)ccc21. The summed E-state index contributed by atoms with van der Waals surface area (Å²) in [6.07, 6.45) is 3.49. The zero-order valence-corrected chi connectivity index (χ0v) is 8.99. The summed E-state index contributed by atoms with van der Waals surface area (Å²) in [5, 5.41) is 0.